The van der Waals surface area contributed by atoms with E-state index in [9.17, 15) is 14.3 Å². The third kappa shape index (κ3) is 6.01. The van der Waals surface area contributed by atoms with Gasteiger partial charge in [-0.05, 0) is 56.9 Å². The average Bonchev–Trinajstić information content (AvgIpc) is 3.27. The van der Waals surface area contributed by atoms with Crippen molar-refractivity contribution >= 4 is 17.8 Å². The molecule has 1 aliphatic rings. The molecule has 0 saturated heterocycles. The van der Waals surface area contributed by atoms with Crippen LogP contribution in [0.1, 0.15) is 55.8 Å². The zero-order valence-corrected chi connectivity index (χ0v) is 18.4. The largest absolute Gasteiger partial charge is 0.388 e. The Hall–Kier alpha value is -3.14. The molecule has 0 amide bonds. The van der Waals surface area contributed by atoms with Gasteiger partial charge in [-0.1, -0.05) is 17.8 Å². The highest BCUT2D eigenvalue weighted by atomic mass is 19.1. The van der Waals surface area contributed by atoms with Crippen molar-refractivity contribution in [3.63, 3.8) is 0 Å². The highest BCUT2D eigenvalue weighted by Gasteiger charge is 2.19. The maximum absolute atomic E-state index is 13.4. The van der Waals surface area contributed by atoms with E-state index in [1.165, 1.54) is 29.7 Å². The van der Waals surface area contributed by atoms with E-state index < -0.39 is 12.1 Å². The molecule has 0 fully saturated rings. The molecule has 3 rings (SSSR count). The quantitative estimate of drug-likeness (QED) is 0.280. The van der Waals surface area contributed by atoms with Crippen LogP contribution in [0.3, 0.4) is 0 Å². The molecule has 0 radical (unpaired) electrons. The van der Waals surface area contributed by atoms with Crippen LogP contribution in [0, 0.1) is 0 Å². The van der Waals surface area contributed by atoms with Crippen LogP contribution in [-0.2, 0) is 13.0 Å². The normalized spacial score (nSPS) is 16.4. The van der Waals surface area contributed by atoms with Crippen molar-refractivity contribution in [1.82, 2.24) is 14.7 Å². The third-order valence-electron chi connectivity index (χ3n) is 5.33. The van der Waals surface area contributed by atoms with Gasteiger partial charge < -0.3 is 19.8 Å². The van der Waals surface area contributed by atoms with Gasteiger partial charge in [0.1, 0.15) is 12.4 Å². The molecule has 0 aliphatic heterocycles. The van der Waals surface area contributed by atoms with Gasteiger partial charge in [-0.15, -0.1) is 0 Å². The minimum atomic E-state index is -1.39. The van der Waals surface area contributed by atoms with Gasteiger partial charge in [-0.2, -0.15) is 0 Å². The predicted molar refractivity (Wildman–Crippen MR) is 122 cm³/mol. The smallest absolute Gasteiger partial charge is 0.265 e. The molecule has 1 atom stereocenters. The molecule has 0 bridgehead atoms. The molecule has 3 N–H and O–H groups in total. The maximum Gasteiger partial charge on any atom is 0.265 e. The molecule has 8 nitrogen and oxygen atoms in total. The van der Waals surface area contributed by atoms with E-state index in [0.717, 1.165) is 0 Å². The van der Waals surface area contributed by atoms with E-state index >= 15 is 0 Å². The van der Waals surface area contributed by atoms with Crippen molar-refractivity contribution in [2.24, 2.45) is 0 Å². The molecular weight excluding hydrogens is 429 g/mol. The summed E-state index contributed by atoms with van der Waals surface area (Å²) in [5.41, 5.74) is 0.740. The Morgan fingerprint density at radius 2 is 2.18 bits per heavy atom. The van der Waals surface area contributed by atoms with Crippen LogP contribution in [-0.4, -0.2) is 36.3 Å². The van der Waals surface area contributed by atoms with Crippen molar-refractivity contribution in [2.75, 3.05) is 0 Å². The summed E-state index contributed by atoms with van der Waals surface area (Å²) in [4.78, 5) is 18.2. The van der Waals surface area contributed by atoms with Crippen LogP contribution >= 0.6 is 0 Å². The molecule has 1 aliphatic carbocycles. The van der Waals surface area contributed by atoms with Gasteiger partial charge in [-0.3, -0.25) is 9.36 Å². The number of halogens is 1. The Kier molecular flexibility index (Phi) is 8.26. The first kappa shape index (κ1) is 24.5. The summed E-state index contributed by atoms with van der Waals surface area (Å²) in [6.45, 7) is 4.82. The Morgan fingerprint density at radius 3 is 2.82 bits per heavy atom. The van der Waals surface area contributed by atoms with Crippen LogP contribution in [0.2, 0.25) is 0 Å². The summed E-state index contributed by atoms with van der Waals surface area (Å²) >= 11 is 0. The number of aliphatic hydroxyl groups is 3. The lowest BCUT2D eigenvalue weighted by Crippen LogP contribution is -2.49. The summed E-state index contributed by atoms with van der Waals surface area (Å²) in [5.74, 6) is 0.248. The first-order chi connectivity index (χ1) is 15.8. The third-order valence-corrected chi connectivity index (χ3v) is 5.33. The summed E-state index contributed by atoms with van der Waals surface area (Å²) < 4.78 is 19.8. The summed E-state index contributed by atoms with van der Waals surface area (Å²) in [5, 5.41) is 32.3. The number of hydrogen-bond donors (Lipinski definition) is 3. The van der Waals surface area contributed by atoms with E-state index in [1.807, 2.05) is 6.08 Å². The number of aryl methyl sites for hydroxylation is 1. The molecular formula is C24H28FN3O5. The zero-order chi connectivity index (χ0) is 24.0. The summed E-state index contributed by atoms with van der Waals surface area (Å²) in [6.07, 6.45) is 8.67. The second kappa shape index (κ2) is 11.1. The Bertz CT molecular complexity index is 1240. The molecule has 2 aromatic heterocycles. The van der Waals surface area contributed by atoms with E-state index in [-0.39, 0.29) is 24.5 Å². The topological polar surface area (TPSA) is 122 Å². The average molecular weight is 458 g/mol. The lowest BCUT2D eigenvalue weighted by Gasteiger charge is -2.16. The van der Waals surface area contributed by atoms with Gasteiger partial charge in [0.05, 0.1) is 22.1 Å². The van der Waals surface area contributed by atoms with Crippen molar-refractivity contribution in [2.45, 2.75) is 57.8 Å². The lowest BCUT2D eigenvalue weighted by atomic mass is 9.96. The summed E-state index contributed by atoms with van der Waals surface area (Å²) in [6, 6.07) is 1.67. The highest BCUT2D eigenvalue weighted by Crippen LogP contribution is 2.22. The molecule has 9 heteroatoms. The van der Waals surface area contributed by atoms with E-state index in [2.05, 4.69) is 11.7 Å². The number of aromatic nitrogens is 3. The molecule has 176 valence electrons. The number of hydrogen-bond acceptors (Lipinski definition) is 7. The Morgan fingerprint density at radius 1 is 1.39 bits per heavy atom. The first-order valence-electron chi connectivity index (χ1n) is 10.8. The molecule has 2 aromatic rings. The number of fused-ring (bicyclic) bond motifs is 1. The van der Waals surface area contributed by atoms with Gasteiger partial charge in [0.25, 0.3) is 5.56 Å². The van der Waals surface area contributed by atoms with Crippen molar-refractivity contribution in [1.29, 1.82) is 0 Å². The van der Waals surface area contributed by atoms with E-state index in [4.69, 9.17) is 19.7 Å². The van der Waals surface area contributed by atoms with Gasteiger partial charge in [0.15, 0.2) is 12.1 Å². The second-order valence-corrected chi connectivity index (χ2v) is 7.83. The predicted octanol–water partition coefficient (Wildman–Crippen LogP) is 1.40. The number of rotatable bonds is 10. The monoisotopic (exact) mass is 457 g/mol. The van der Waals surface area contributed by atoms with Gasteiger partial charge in [-0.25, -0.2) is 9.37 Å². The number of allylic oxidation sites excluding steroid dienone is 5. The fourth-order valence-electron chi connectivity index (χ4n) is 3.68. The van der Waals surface area contributed by atoms with Crippen molar-refractivity contribution in [3.05, 3.63) is 74.9 Å². The Labute approximate surface area is 190 Å². The minimum absolute atomic E-state index is 0.159. The van der Waals surface area contributed by atoms with E-state index in [0.29, 0.717) is 59.2 Å². The van der Waals surface area contributed by atoms with Gasteiger partial charge in [0, 0.05) is 24.1 Å². The SMILES string of the molecule is C=C/C(=C\C=C(/C)F)n1c(CCCCC(O)O)nc2c(c1=O)=CCC(c1cc(CO)on1)C=2. The van der Waals surface area contributed by atoms with Crippen molar-refractivity contribution in [3.8, 4) is 0 Å². The molecule has 0 spiro atoms. The zero-order valence-electron chi connectivity index (χ0n) is 18.4. The highest BCUT2D eigenvalue weighted by molar-refractivity contribution is 5.59. The maximum atomic E-state index is 13.4. The molecule has 2 heterocycles. The van der Waals surface area contributed by atoms with Crippen LogP contribution < -0.4 is 16.1 Å². The second-order valence-electron chi connectivity index (χ2n) is 7.83. The fourth-order valence-corrected chi connectivity index (χ4v) is 3.68. The standard InChI is InChI=1S/C24H28FN3O5/c1-3-17(10-8-15(2)25)28-22(6-4-5-7-23(30)31)26-21-12-16(9-11-19(21)24(28)32)20-13-18(14-29)33-27-20/h3,8,10-13,16,23,29-31H,1,4-7,9,14H2,2H3/b15-8+,17-10+. The van der Waals surface area contributed by atoms with Crippen LogP contribution in [0.4, 0.5) is 4.39 Å². The first-order valence-corrected chi connectivity index (χ1v) is 10.8. The minimum Gasteiger partial charge on any atom is -0.388 e. The molecule has 1 unspecified atom stereocenters. The van der Waals surface area contributed by atoms with Crippen LogP contribution in [0.15, 0.2) is 46.0 Å². The van der Waals surface area contributed by atoms with Crippen LogP contribution in [0.25, 0.3) is 17.8 Å². The lowest BCUT2D eigenvalue weighted by molar-refractivity contribution is -0.0465. The molecule has 33 heavy (non-hydrogen) atoms. The van der Waals surface area contributed by atoms with Crippen LogP contribution in [0.5, 0.6) is 0 Å². The molecule has 0 aromatic carbocycles. The fraction of sp³-hybridized carbons (Fsp3) is 0.375. The molecule has 0 saturated carbocycles. The Balaban J connectivity index is 2.09. The number of aliphatic hydroxyl groups excluding tert-OH is 2. The van der Waals surface area contributed by atoms with Gasteiger partial charge in [0.2, 0.25) is 0 Å². The van der Waals surface area contributed by atoms with E-state index in [1.54, 1.807) is 12.1 Å². The van der Waals surface area contributed by atoms with Gasteiger partial charge >= 0.3 is 0 Å². The summed E-state index contributed by atoms with van der Waals surface area (Å²) in [7, 11) is 0. The number of nitrogens with zero attached hydrogens (tertiary/aromatic N) is 3. The van der Waals surface area contributed by atoms with Crippen molar-refractivity contribution < 1.29 is 24.2 Å². The number of unbranched alkanes of at least 4 members (excludes halogenated alkanes) is 1.